The third-order valence-corrected chi connectivity index (χ3v) is 5.58. The molecule has 1 aliphatic rings. The molecule has 0 heterocycles. The molecule has 2 atom stereocenters. The summed E-state index contributed by atoms with van der Waals surface area (Å²) in [5.74, 6) is 0.909. The molecule has 14 heteroatoms. The predicted molar refractivity (Wildman–Crippen MR) is 152 cm³/mol. The Morgan fingerprint density at radius 1 is 0.595 bits per heavy atom. The van der Waals surface area contributed by atoms with Crippen molar-refractivity contribution in [3.63, 3.8) is 0 Å². The van der Waals surface area contributed by atoms with Gasteiger partial charge in [0.05, 0.1) is 106 Å². The van der Waals surface area contributed by atoms with E-state index in [0.29, 0.717) is 123 Å². The molecule has 0 amide bonds. The zero-order valence-corrected chi connectivity index (χ0v) is 25.6. The molecule has 14 nitrogen and oxygen atoms in total. The van der Waals surface area contributed by atoms with E-state index >= 15 is 0 Å². The molecular weight excluding hydrogens is 558 g/mol. The zero-order valence-electron chi connectivity index (χ0n) is 25.6. The lowest BCUT2D eigenvalue weighted by Gasteiger charge is -2.29. The largest absolute Gasteiger partial charge is 0.489 e. The summed E-state index contributed by atoms with van der Waals surface area (Å²) < 4.78 is 66.0. The van der Waals surface area contributed by atoms with Gasteiger partial charge in [-0.25, -0.2) is 0 Å². The van der Waals surface area contributed by atoms with Gasteiger partial charge in [-0.15, -0.1) is 0 Å². The van der Waals surface area contributed by atoms with Crippen molar-refractivity contribution in [3.8, 4) is 0 Å². The van der Waals surface area contributed by atoms with Gasteiger partial charge in [-0.05, 0) is 11.6 Å². The molecule has 0 aliphatic heterocycles. The van der Waals surface area contributed by atoms with Crippen LogP contribution in [0.25, 0.3) is 0 Å². The van der Waals surface area contributed by atoms with Crippen LogP contribution in [0.2, 0.25) is 0 Å². The van der Waals surface area contributed by atoms with Crippen molar-refractivity contribution >= 4 is 0 Å². The van der Waals surface area contributed by atoms with Crippen LogP contribution in [-0.2, 0) is 56.8 Å². The number of allylic oxidation sites excluding steroid dienone is 1. The fraction of sp³-hybridized carbons (Fsp3) is 0.857. The molecule has 0 aromatic rings. The van der Waals surface area contributed by atoms with Crippen molar-refractivity contribution < 1.29 is 61.9 Å². The monoisotopic (exact) mass is 611 g/mol. The lowest BCUT2D eigenvalue weighted by molar-refractivity contribution is -0.0359. The molecule has 0 saturated carbocycles. The first-order valence-electron chi connectivity index (χ1n) is 14.3. The van der Waals surface area contributed by atoms with E-state index in [-0.39, 0.29) is 19.8 Å². The van der Waals surface area contributed by atoms with Crippen LogP contribution in [-0.4, -0.2) is 158 Å². The van der Waals surface area contributed by atoms with Gasteiger partial charge >= 0.3 is 0 Å². The third-order valence-electron chi connectivity index (χ3n) is 5.58. The van der Waals surface area contributed by atoms with Gasteiger partial charge in [-0.2, -0.15) is 0 Å². The molecule has 0 bridgehead atoms. The quantitative estimate of drug-likeness (QED) is 0.0813. The van der Waals surface area contributed by atoms with Gasteiger partial charge in [-0.1, -0.05) is 0 Å². The number of aliphatic hydroxyl groups is 1. The predicted octanol–water partition coefficient (Wildman–Crippen LogP) is 0.262. The van der Waals surface area contributed by atoms with E-state index < -0.39 is 12.3 Å². The number of hydrogen-bond donors (Lipinski definition) is 2. The molecule has 0 aromatic carbocycles. The van der Waals surface area contributed by atoms with Gasteiger partial charge < -0.3 is 67.7 Å². The second-order valence-corrected chi connectivity index (χ2v) is 8.81. The van der Waals surface area contributed by atoms with E-state index in [2.05, 4.69) is 0 Å². The maximum atomic E-state index is 10.1. The van der Waals surface area contributed by atoms with Crippen LogP contribution >= 0.6 is 0 Å². The van der Waals surface area contributed by atoms with Crippen LogP contribution in [0.3, 0.4) is 0 Å². The van der Waals surface area contributed by atoms with Gasteiger partial charge in [0.15, 0.2) is 11.5 Å². The fourth-order valence-electron chi connectivity index (χ4n) is 3.44. The van der Waals surface area contributed by atoms with Gasteiger partial charge in [0, 0.05) is 27.8 Å². The Balaban J connectivity index is 2.63. The minimum absolute atomic E-state index is 0.249. The lowest BCUT2D eigenvalue weighted by atomic mass is 9.98. The SMILES string of the molecule is COCCOCCOCCOC1=C(OCCOCCOCCOC)[C@H](OCCOCCOCCOC)CC(C(N)O)=C1. The van der Waals surface area contributed by atoms with Gasteiger partial charge in [0.1, 0.15) is 25.5 Å². The summed E-state index contributed by atoms with van der Waals surface area (Å²) >= 11 is 0. The fourth-order valence-corrected chi connectivity index (χ4v) is 3.44. The van der Waals surface area contributed by atoms with E-state index in [1.54, 1.807) is 27.4 Å². The summed E-state index contributed by atoms with van der Waals surface area (Å²) in [7, 11) is 4.87. The normalized spacial score (nSPS) is 16.1. The summed E-state index contributed by atoms with van der Waals surface area (Å²) in [6.45, 7) is 7.64. The molecule has 0 aromatic heterocycles. The van der Waals surface area contributed by atoms with Gasteiger partial charge in [0.25, 0.3) is 0 Å². The maximum absolute atomic E-state index is 10.1. The van der Waals surface area contributed by atoms with Crippen molar-refractivity contribution in [2.24, 2.45) is 5.73 Å². The van der Waals surface area contributed by atoms with Crippen LogP contribution in [0.5, 0.6) is 0 Å². The van der Waals surface area contributed by atoms with Crippen LogP contribution in [0.1, 0.15) is 6.42 Å². The number of hydrogen-bond acceptors (Lipinski definition) is 14. The maximum Gasteiger partial charge on any atom is 0.167 e. The number of rotatable bonds is 31. The highest BCUT2D eigenvalue weighted by atomic mass is 16.6. The van der Waals surface area contributed by atoms with Crippen molar-refractivity contribution in [1.29, 1.82) is 0 Å². The Hall–Kier alpha value is -1.40. The molecule has 0 fully saturated rings. The van der Waals surface area contributed by atoms with Crippen molar-refractivity contribution in [2.75, 3.05) is 140 Å². The van der Waals surface area contributed by atoms with Crippen molar-refractivity contribution in [2.45, 2.75) is 18.8 Å². The minimum Gasteiger partial charge on any atom is -0.489 e. The molecule has 248 valence electrons. The first-order valence-corrected chi connectivity index (χ1v) is 14.3. The van der Waals surface area contributed by atoms with E-state index in [4.69, 9.17) is 62.6 Å². The molecule has 1 rings (SSSR count). The molecule has 1 unspecified atom stereocenters. The summed E-state index contributed by atoms with van der Waals surface area (Å²) in [5, 5.41) is 10.1. The molecule has 3 N–H and O–H groups in total. The highest BCUT2D eigenvalue weighted by Gasteiger charge is 2.29. The average molecular weight is 612 g/mol. The Morgan fingerprint density at radius 2 is 0.976 bits per heavy atom. The Labute approximate surface area is 250 Å². The number of nitrogens with two attached hydrogens (primary N) is 1. The van der Waals surface area contributed by atoms with Crippen LogP contribution in [0, 0.1) is 0 Å². The number of methoxy groups -OCH3 is 3. The second-order valence-electron chi connectivity index (χ2n) is 8.81. The smallest absolute Gasteiger partial charge is 0.167 e. The van der Waals surface area contributed by atoms with Crippen molar-refractivity contribution in [1.82, 2.24) is 0 Å². The Morgan fingerprint density at radius 3 is 1.40 bits per heavy atom. The second kappa shape index (κ2) is 28.4. The third kappa shape index (κ3) is 20.5. The average Bonchev–Trinajstić information content (AvgIpc) is 2.99. The van der Waals surface area contributed by atoms with Gasteiger partial charge in [0.2, 0.25) is 0 Å². The van der Waals surface area contributed by atoms with Crippen LogP contribution < -0.4 is 5.73 Å². The molecule has 0 radical (unpaired) electrons. The van der Waals surface area contributed by atoms with E-state index in [1.807, 2.05) is 0 Å². The lowest BCUT2D eigenvalue weighted by Crippen LogP contribution is -2.32. The molecule has 1 aliphatic carbocycles. The van der Waals surface area contributed by atoms with Gasteiger partial charge in [-0.3, -0.25) is 0 Å². The first-order chi connectivity index (χ1) is 20.6. The topological polar surface area (TPSA) is 157 Å². The minimum atomic E-state index is -1.17. The summed E-state index contributed by atoms with van der Waals surface area (Å²) in [6, 6.07) is 0. The highest BCUT2D eigenvalue weighted by molar-refractivity contribution is 5.31. The van der Waals surface area contributed by atoms with E-state index in [1.165, 1.54) is 0 Å². The summed E-state index contributed by atoms with van der Waals surface area (Å²) in [5.41, 5.74) is 6.36. The van der Waals surface area contributed by atoms with Crippen molar-refractivity contribution in [3.05, 3.63) is 23.2 Å². The standard InChI is InChI=1S/C28H53NO13/c1-31-4-7-34-10-13-37-16-19-40-25-22-24(28(29)30)23-26(41-20-17-38-14-11-35-8-5-32-2)27(25)42-21-18-39-15-12-36-9-6-33-3/h22,26,28,30H,4-21,23,29H2,1-3H3/t26-,28?/m1/s1. The zero-order chi connectivity index (χ0) is 30.5. The number of aliphatic hydroxyl groups excluding tert-OH is 1. The Kier molecular flexibility index (Phi) is 26.1. The Bertz CT molecular complexity index is 678. The summed E-state index contributed by atoms with van der Waals surface area (Å²) in [4.78, 5) is 0. The highest BCUT2D eigenvalue weighted by Crippen LogP contribution is 2.29. The van der Waals surface area contributed by atoms with Crippen LogP contribution in [0.4, 0.5) is 0 Å². The summed E-state index contributed by atoms with van der Waals surface area (Å²) in [6.07, 6.45) is 0.321. The molecular formula is C28H53NO13. The van der Waals surface area contributed by atoms with Crippen LogP contribution in [0.15, 0.2) is 23.2 Å². The molecule has 0 saturated heterocycles. The number of ether oxygens (including phenoxy) is 12. The molecule has 0 spiro atoms. The van der Waals surface area contributed by atoms with E-state index in [0.717, 1.165) is 0 Å². The van der Waals surface area contributed by atoms with E-state index in [9.17, 15) is 5.11 Å². The first kappa shape index (κ1) is 38.6. The molecule has 42 heavy (non-hydrogen) atoms.